The van der Waals surface area contributed by atoms with Crippen LogP contribution in [0.2, 0.25) is 0 Å². The first-order valence-electron chi connectivity index (χ1n) is 9.37. The smallest absolute Gasteiger partial charge is 0.410 e. The Labute approximate surface area is 158 Å². The second-order valence-corrected chi connectivity index (χ2v) is 9.20. The number of benzene rings is 1. The highest BCUT2D eigenvalue weighted by atomic mass is 19.1. The van der Waals surface area contributed by atoms with E-state index >= 15 is 0 Å². The van der Waals surface area contributed by atoms with Crippen molar-refractivity contribution in [1.82, 2.24) is 15.1 Å². The van der Waals surface area contributed by atoms with E-state index in [-0.39, 0.29) is 23.4 Å². The van der Waals surface area contributed by atoms with Gasteiger partial charge in [0.25, 0.3) is 0 Å². The summed E-state index contributed by atoms with van der Waals surface area (Å²) in [6, 6.07) is 6.48. The van der Waals surface area contributed by atoms with Gasteiger partial charge in [0, 0.05) is 32.7 Å². The van der Waals surface area contributed by atoms with E-state index in [4.69, 9.17) is 4.74 Å². The Morgan fingerprint density at radius 1 is 1.22 bits per heavy atom. The van der Waals surface area contributed by atoms with E-state index in [1.165, 1.54) is 12.1 Å². The first-order valence-corrected chi connectivity index (χ1v) is 9.37. The van der Waals surface area contributed by atoms with Gasteiger partial charge in [0.2, 0.25) is 5.91 Å². The zero-order valence-electron chi connectivity index (χ0n) is 16.0. The van der Waals surface area contributed by atoms with Crippen LogP contribution in [0, 0.1) is 11.2 Å². The van der Waals surface area contributed by atoms with Gasteiger partial charge < -0.3 is 10.1 Å². The number of ether oxygens (including phenoxy) is 1. The number of likely N-dealkylation sites (tertiary alicyclic amines) is 2. The fraction of sp³-hybridized carbons (Fsp3) is 0.600. The van der Waals surface area contributed by atoms with Crippen LogP contribution in [0.25, 0.3) is 0 Å². The third kappa shape index (κ3) is 3.18. The summed E-state index contributed by atoms with van der Waals surface area (Å²) in [6.07, 6.45) is 0.325. The number of amides is 2. The average molecular weight is 375 g/mol. The molecule has 0 radical (unpaired) electrons. The summed E-state index contributed by atoms with van der Waals surface area (Å²) in [5.74, 6) is -0.214. The first kappa shape index (κ1) is 18.2. The van der Waals surface area contributed by atoms with Crippen LogP contribution < -0.4 is 5.32 Å². The van der Waals surface area contributed by atoms with Crippen LogP contribution in [-0.4, -0.2) is 59.1 Å². The summed E-state index contributed by atoms with van der Waals surface area (Å²) >= 11 is 0. The van der Waals surface area contributed by atoms with Crippen molar-refractivity contribution in [2.45, 2.75) is 44.9 Å². The van der Waals surface area contributed by atoms with Crippen molar-refractivity contribution in [2.24, 2.45) is 5.41 Å². The Hall–Kier alpha value is -2.15. The lowest BCUT2D eigenvalue weighted by Crippen LogP contribution is -2.68. The van der Waals surface area contributed by atoms with E-state index in [1.807, 2.05) is 20.8 Å². The Bertz CT molecular complexity index is 768. The Kier molecular flexibility index (Phi) is 4.00. The molecule has 0 aromatic heterocycles. The number of halogens is 1. The van der Waals surface area contributed by atoms with Gasteiger partial charge in [-0.15, -0.1) is 0 Å². The molecule has 6 nitrogen and oxygen atoms in total. The summed E-state index contributed by atoms with van der Waals surface area (Å²) in [5.41, 5.74) is -0.379. The van der Waals surface area contributed by atoms with Crippen molar-refractivity contribution >= 4 is 12.0 Å². The minimum Gasteiger partial charge on any atom is -0.444 e. The Balaban J connectivity index is 1.48. The molecule has 1 N–H and O–H groups in total. The third-order valence-corrected chi connectivity index (χ3v) is 5.74. The van der Waals surface area contributed by atoms with Crippen LogP contribution in [0.5, 0.6) is 0 Å². The zero-order valence-corrected chi connectivity index (χ0v) is 16.0. The standard InChI is InChI=1S/C20H26FN3O3/c1-18(2,3)27-17(26)24-11-19(10-22-16(19)25)9-20(24)12-23(13-20)8-14-4-6-15(21)7-5-14/h4-7H,8-13H2,1-3H3,(H,22,25). The maximum atomic E-state index is 13.1. The summed E-state index contributed by atoms with van der Waals surface area (Å²) < 4.78 is 18.7. The predicted molar refractivity (Wildman–Crippen MR) is 97.4 cm³/mol. The molecule has 146 valence electrons. The fourth-order valence-electron chi connectivity index (χ4n) is 4.54. The number of nitrogens with zero attached hydrogens (tertiary/aromatic N) is 2. The topological polar surface area (TPSA) is 61.9 Å². The summed E-state index contributed by atoms with van der Waals surface area (Å²) in [7, 11) is 0. The normalized spacial score (nSPS) is 26.7. The van der Waals surface area contributed by atoms with Gasteiger partial charge in [0.15, 0.2) is 0 Å². The lowest BCUT2D eigenvalue weighted by molar-refractivity contribution is -0.139. The quantitative estimate of drug-likeness (QED) is 0.805. The maximum Gasteiger partial charge on any atom is 0.410 e. The number of rotatable bonds is 2. The van der Waals surface area contributed by atoms with Crippen LogP contribution in [0.1, 0.15) is 32.8 Å². The van der Waals surface area contributed by atoms with Crippen molar-refractivity contribution in [3.05, 3.63) is 35.6 Å². The molecule has 0 bridgehead atoms. The van der Waals surface area contributed by atoms with Gasteiger partial charge in [0.05, 0.1) is 11.0 Å². The molecule has 1 unspecified atom stereocenters. The summed E-state index contributed by atoms with van der Waals surface area (Å²) in [4.78, 5) is 29.0. The van der Waals surface area contributed by atoms with Crippen LogP contribution in [-0.2, 0) is 16.1 Å². The van der Waals surface area contributed by atoms with E-state index in [9.17, 15) is 14.0 Å². The fourth-order valence-corrected chi connectivity index (χ4v) is 4.54. The van der Waals surface area contributed by atoms with Crippen molar-refractivity contribution in [1.29, 1.82) is 0 Å². The molecular weight excluding hydrogens is 349 g/mol. The van der Waals surface area contributed by atoms with Gasteiger partial charge >= 0.3 is 6.09 Å². The van der Waals surface area contributed by atoms with Gasteiger partial charge in [-0.05, 0) is 44.9 Å². The highest BCUT2D eigenvalue weighted by molar-refractivity contribution is 5.90. The van der Waals surface area contributed by atoms with Gasteiger partial charge in [-0.25, -0.2) is 9.18 Å². The first-order chi connectivity index (χ1) is 12.6. The predicted octanol–water partition coefficient (Wildman–Crippen LogP) is 2.14. The molecule has 3 heterocycles. The minimum atomic E-state index is -0.576. The second kappa shape index (κ2) is 5.92. The minimum absolute atomic E-state index is 0.0323. The number of hydrogen-bond acceptors (Lipinski definition) is 4. The molecule has 3 fully saturated rings. The van der Waals surface area contributed by atoms with Crippen LogP contribution in [0.4, 0.5) is 9.18 Å². The van der Waals surface area contributed by atoms with E-state index in [0.29, 0.717) is 39.1 Å². The lowest BCUT2D eigenvalue weighted by Gasteiger charge is -2.52. The molecule has 7 heteroatoms. The molecule has 0 aliphatic carbocycles. The van der Waals surface area contributed by atoms with Crippen LogP contribution >= 0.6 is 0 Å². The van der Waals surface area contributed by atoms with E-state index < -0.39 is 11.0 Å². The molecule has 1 aromatic rings. The van der Waals surface area contributed by atoms with Crippen molar-refractivity contribution < 1.29 is 18.7 Å². The number of carbonyl (C=O) groups is 2. The van der Waals surface area contributed by atoms with Gasteiger partial charge in [-0.1, -0.05) is 12.1 Å². The molecular formula is C20H26FN3O3. The molecule has 2 amide bonds. The maximum absolute atomic E-state index is 13.1. The van der Waals surface area contributed by atoms with Gasteiger partial charge in [-0.3, -0.25) is 14.6 Å². The molecule has 2 spiro atoms. The molecule has 4 rings (SSSR count). The molecule has 3 saturated heterocycles. The largest absolute Gasteiger partial charge is 0.444 e. The van der Waals surface area contributed by atoms with Gasteiger partial charge in [0.1, 0.15) is 11.4 Å². The number of nitrogens with one attached hydrogen (secondary N) is 1. The monoisotopic (exact) mass is 375 g/mol. The molecule has 1 aromatic carbocycles. The number of hydrogen-bond donors (Lipinski definition) is 1. The Morgan fingerprint density at radius 2 is 1.89 bits per heavy atom. The highest BCUT2D eigenvalue weighted by Gasteiger charge is 2.65. The van der Waals surface area contributed by atoms with Crippen molar-refractivity contribution in [2.75, 3.05) is 26.2 Å². The van der Waals surface area contributed by atoms with E-state index in [0.717, 1.165) is 5.56 Å². The average Bonchev–Trinajstić information content (AvgIpc) is 2.93. The number of β-lactam (4-membered cyclic amide) rings is 1. The van der Waals surface area contributed by atoms with Crippen LogP contribution in [0.3, 0.4) is 0 Å². The lowest BCUT2D eigenvalue weighted by atomic mass is 9.73. The summed E-state index contributed by atoms with van der Waals surface area (Å²) in [5, 5.41) is 2.82. The molecule has 27 heavy (non-hydrogen) atoms. The SMILES string of the molecule is CC(C)(C)OC(=O)N1CC2(CNC2=O)CC12CN(Cc1ccc(F)cc1)C2. The molecule has 3 aliphatic heterocycles. The number of carbonyl (C=O) groups excluding carboxylic acids is 2. The van der Waals surface area contributed by atoms with E-state index in [2.05, 4.69) is 10.2 Å². The second-order valence-electron chi connectivity index (χ2n) is 9.20. The summed E-state index contributed by atoms with van der Waals surface area (Å²) in [6.45, 7) is 8.66. The van der Waals surface area contributed by atoms with Crippen molar-refractivity contribution in [3.63, 3.8) is 0 Å². The van der Waals surface area contributed by atoms with Crippen molar-refractivity contribution in [3.8, 4) is 0 Å². The van der Waals surface area contributed by atoms with Gasteiger partial charge in [-0.2, -0.15) is 0 Å². The molecule has 1 atom stereocenters. The zero-order chi connectivity index (χ0) is 19.4. The van der Waals surface area contributed by atoms with E-state index in [1.54, 1.807) is 17.0 Å². The Morgan fingerprint density at radius 3 is 2.41 bits per heavy atom. The van der Waals surface area contributed by atoms with Crippen LogP contribution in [0.15, 0.2) is 24.3 Å². The molecule has 0 saturated carbocycles. The third-order valence-electron chi connectivity index (χ3n) is 5.74. The highest BCUT2D eigenvalue weighted by Crippen LogP contribution is 2.49. The molecule has 3 aliphatic rings.